The Morgan fingerprint density at radius 3 is 2.81 bits per heavy atom. The van der Waals surface area contributed by atoms with Crippen molar-refractivity contribution in [1.29, 1.82) is 0 Å². The van der Waals surface area contributed by atoms with E-state index in [1.54, 1.807) is 6.20 Å². The molecule has 5 aliphatic rings. The molecule has 164 valence electrons. The molecule has 3 heterocycles. The second-order valence-electron chi connectivity index (χ2n) is 10.3. The van der Waals surface area contributed by atoms with Gasteiger partial charge < -0.3 is 20.1 Å². The Morgan fingerprint density at radius 1 is 1.23 bits per heavy atom. The fraction of sp³-hybridized carbons (Fsp3) is 0.625. The number of anilines is 1. The van der Waals surface area contributed by atoms with Crippen LogP contribution in [0, 0.1) is 24.7 Å². The first-order valence-corrected chi connectivity index (χ1v) is 11.6. The maximum Gasteiger partial charge on any atom is 0.410 e. The lowest BCUT2D eigenvalue weighted by Crippen LogP contribution is -2.58. The summed E-state index contributed by atoms with van der Waals surface area (Å²) in [4.78, 5) is 23.8. The van der Waals surface area contributed by atoms with Crippen molar-refractivity contribution in [2.24, 2.45) is 17.8 Å². The minimum atomic E-state index is -0.497. The molecule has 2 aromatic rings. The summed E-state index contributed by atoms with van der Waals surface area (Å²) in [5.41, 5.74) is 1.40. The monoisotopic (exact) mass is 422 g/mol. The van der Waals surface area contributed by atoms with Gasteiger partial charge in [0.15, 0.2) is 0 Å². The number of carbonyl (C=O) groups excluding carboxylic acids is 1. The molecule has 5 fully saturated rings. The number of aliphatic hydroxyl groups is 1. The molecule has 1 unspecified atom stereocenters. The molecule has 1 aliphatic heterocycles. The van der Waals surface area contributed by atoms with Crippen LogP contribution in [0.4, 0.5) is 10.6 Å². The molecule has 1 amide bonds. The van der Waals surface area contributed by atoms with Crippen LogP contribution in [-0.4, -0.2) is 56.9 Å². The summed E-state index contributed by atoms with van der Waals surface area (Å²) in [6.07, 6.45) is 7.19. The Balaban J connectivity index is 1.08. The van der Waals surface area contributed by atoms with Crippen LogP contribution in [0.3, 0.4) is 0 Å². The van der Waals surface area contributed by atoms with Gasteiger partial charge in [0.05, 0.1) is 11.1 Å². The van der Waals surface area contributed by atoms with Crippen LogP contribution in [0.25, 0.3) is 10.9 Å². The van der Waals surface area contributed by atoms with Gasteiger partial charge in [-0.15, -0.1) is 0 Å². The molecule has 7 heteroatoms. The van der Waals surface area contributed by atoms with Crippen molar-refractivity contribution in [3.63, 3.8) is 0 Å². The Kier molecular flexibility index (Phi) is 4.39. The number of amides is 1. The summed E-state index contributed by atoms with van der Waals surface area (Å²) >= 11 is 0. The van der Waals surface area contributed by atoms with Gasteiger partial charge in [-0.3, -0.25) is 4.98 Å². The van der Waals surface area contributed by atoms with Gasteiger partial charge in [0.25, 0.3) is 0 Å². The smallest absolute Gasteiger partial charge is 0.410 e. The number of pyridine rings is 2. The second kappa shape index (κ2) is 7.05. The standard InChI is InChI=1S/C24H30N4O3/c1-14-19-2-3-21(27-20(19)4-6-25-14)26-18-5-7-28(13-18)23(29)31-22-16-8-15-9-17(22)12-24(30,10-15)11-16/h2-4,6,15-18,22,30H,5,7-13H2,1H3,(H,26,27)/t15?,16-,17-,18?,22?,24?/m1/s1. The molecular weight excluding hydrogens is 392 g/mol. The van der Waals surface area contributed by atoms with E-state index in [1.807, 2.05) is 30.0 Å². The number of nitrogens with zero attached hydrogens (tertiary/aromatic N) is 3. The fourth-order valence-electron chi connectivity index (χ4n) is 6.85. The molecule has 4 aliphatic carbocycles. The lowest BCUT2D eigenvalue weighted by molar-refractivity contribution is -0.177. The van der Waals surface area contributed by atoms with Gasteiger partial charge in [0, 0.05) is 36.4 Å². The highest BCUT2D eigenvalue weighted by Gasteiger charge is 2.56. The number of carbonyl (C=O) groups is 1. The first-order valence-electron chi connectivity index (χ1n) is 11.6. The van der Waals surface area contributed by atoms with E-state index in [9.17, 15) is 9.90 Å². The number of hydrogen-bond donors (Lipinski definition) is 2. The van der Waals surface area contributed by atoms with E-state index in [4.69, 9.17) is 9.72 Å². The Labute approximate surface area is 182 Å². The summed E-state index contributed by atoms with van der Waals surface area (Å²) in [6.45, 7) is 3.31. The van der Waals surface area contributed by atoms with Crippen LogP contribution >= 0.6 is 0 Å². The molecule has 2 N–H and O–H groups in total. The van der Waals surface area contributed by atoms with Crippen LogP contribution in [-0.2, 0) is 4.74 Å². The molecule has 3 atom stereocenters. The third-order valence-corrected chi connectivity index (χ3v) is 8.00. The molecule has 0 spiro atoms. The van der Waals surface area contributed by atoms with Crippen molar-refractivity contribution >= 4 is 22.8 Å². The first kappa shape index (κ1) is 19.3. The highest BCUT2D eigenvalue weighted by atomic mass is 16.6. The Bertz CT molecular complexity index is 1010. The highest BCUT2D eigenvalue weighted by Crippen LogP contribution is 2.56. The minimum Gasteiger partial charge on any atom is -0.446 e. The average Bonchev–Trinajstić information content (AvgIpc) is 3.18. The van der Waals surface area contributed by atoms with E-state index >= 15 is 0 Å². The summed E-state index contributed by atoms with van der Waals surface area (Å²) in [6, 6.07) is 6.12. The zero-order valence-corrected chi connectivity index (χ0v) is 18.0. The normalized spacial score (nSPS) is 36.2. The quantitative estimate of drug-likeness (QED) is 0.787. The van der Waals surface area contributed by atoms with Crippen LogP contribution in [0.2, 0.25) is 0 Å². The van der Waals surface area contributed by atoms with Crippen molar-refractivity contribution in [2.45, 2.75) is 63.2 Å². The van der Waals surface area contributed by atoms with Crippen molar-refractivity contribution in [3.05, 3.63) is 30.1 Å². The zero-order chi connectivity index (χ0) is 21.2. The molecule has 4 bridgehead atoms. The van der Waals surface area contributed by atoms with Gasteiger partial charge in [0.2, 0.25) is 0 Å². The number of fused-ring (bicyclic) bond motifs is 1. The predicted molar refractivity (Wildman–Crippen MR) is 117 cm³/mol. The number of likely N-dealkylation sites (tertiary alicyclic amines) is 1. The van der Waals surface area contributed by atoms with Crippen molar-refractivity contribution in [3.8, 4) is 0 Å². The van der Waals surface area contributed by atoms with Gasteiger partial charge in [-0.2, -0.15) is 0 Å². The number of aryl methyl sites for hydroxylation is 1. The van der Waals surface area contributed by atoms with Crippen LogP contribution in [0.5, 0.6) is 0 Å². The summed E-state index contributed by atoms with van der Waals surface area (Å²) in [7, 11) is 0. The van der Waals surface area contributed by atoms with Gasteiger partial charge in [-0.25, -0.2) is 9.78 Å². The Hall–Kier alpha value is -2.41. The molecule has 4 saturated carbocycles. The van der Waals surface area contributed by atoms with Gasteiger partial charge >= 0.3 is 6.09 Å². The predicted octanol–water partition coefficient (Wildman–Crippen LogP) is 3.50. The lowest BCUT2D eigenvalue weighted by atomic mass is 9.53. The van der Waals surface area contributed by atoms with Crippen LogP contribution < -0.4 is 5.32 Å². The molecule has 7 rings (SSSR count). The molecule has 7 nitrogen and oxygen atoms in total. The molecule has 0 aromatic carbocycles. The molecule has 2 aromatic heterocycles. The van der Waals surface area contributed by atoms with Crippen molar-refractivity contribution < 1.29 is 14.6 Å². The highest BCUT2D eigenvalue weighted by molar-refractivity contribution is 5.82. The van der Waals surface area contributed by atoms with E-state index in [-0.39, 0.29) is 18.2 Å². The van der Waals surface area contributed by atoms with Gasteiger partial charge in [0.1, 0.15) is 11.9 Å². The minimum absolute atomic E-state index is 0.0182. The second-order valence-corrected chi connectivity index (χ2v) is 10.3. The zero-order valence-electron chi connectivity index (χ0n) is 18.0. The number of nitrogens with one attached hydrogen (secondary N) is 1. The largest absolute Gasteiger partial charge is 0.446 e. The van der Waals surface area contributed by atoms with E-state index in [2.05, 4.69) is 10.3 Å². The summed E-state index contributed by atoms with van der Waals surface area (Å²) in [5.74, 6) is 2.10. The number of aromatic nitrogens is 2. The number of hydrogen-bond acceptors (Lipinski definition) is 6. The van der Waals surface area contributed by atoms with Crippen LogP contribution in [0.15, 0.2) is 24.4 Å². The third kappa shape index (κ3) is 3.43. The average molecular weight is 423 g/mol. The SMILES string of the molecule is Cc1nccc2nc(NC3CCN(C(=O)OC4[C@@H]5CC6C[C@@H]4CC(O)(C6)C5)C3)ccc12. The summed E-state index contributed by atoms with van der Waals surface area (Å²) < 4.78 is 6.05. The van der Waals surface area contributed by atoms with Crippen molar-refractivity contribution in [2.75, 3.05) is 18.4 Å². The first-order chi connectivity index (χ1) is 15.0. The number of rotatable bonds is 3. The van der Waals surface area contributed by atoms with Gasteiger partial charge in [-0.1, -0.05) is 0 Å². The topological polar surface area (TPSA) is 87.6 Å². The third-order valence-electron chi connectivity index (χ3n) is 8.00. The fourth-order valence-corrected chi connectivity index (χ4v) is 6.85. The lowest BCUT2D eigenvalue weighted by Gasteiger charge is -2.57. The van der Waals surface area contributed by atoms with E-state index < -0.39 is 5.60 Å². The molecule has 0 radical (unpaired) electrons. The summed E-state index contributed by atoms with van der Waals surface area (Å²) in [5, 5.41) is 15.3. The number of ether oxygens (including phenoxy) is 1. The molecule has 31 heavy (non-hydrogen) atoms. The maximum atomic E-state index is 12.9. The Morgan fingerprint density at radius 2 is 2.03 bits per heavy atom. The van der Waals surface area contributed by atoms with E-state index in [1.165, 1.54) is 0 Å². The molecule has 1 saturated heterocycles. The van der Waals surface area contributed by atoms with Crippen molar-refractivity contribution in [1.82, 2.24) is 14.9 Å². The van der Waals surface area contributed by atoms with E-state index in [0.717, 1.165) is 60.9 Å². The maximum absolute atomic E-state index is 12.9. The molecular formula is C24H30N4O3. The van der Waals surface area contributed by atoms with Crippen LogP contribution in [0.1, 0.15) is 44.2 Å². The van der Waals surface area contributed by atoms with E-state index in [0.29, 0.717) is 30.8 Å². The van der Waals surface area contributed by atoms with Gasteiger partial charge in [-0.05, 0) is 81.4 Å².